The summed E-state index contributed by atoms with van der Waals surface area (Å²) in [7, 11) is 0. The number of aromatic hydroxyl groups is 1. The molecule has 0 aliphatic heterocycles. The van der Waals surface area contributed by atoms with E-state index in [9.17, 15) is 4.79 Å². The third kappa shape index (κ3) is 5.40. The number of unbranched alkanes of at least 4 members (excludes halogenated alkanes) is 1. The van der Waals surface area contributed by atoms with Gasteiger partial charge in [0, 0.05) is 0 Å². The minimum absolute atomic E-state index is 0. The number of carbonyl (C=O) groups is 1. The number of hydrogen-bond donors (Lipinski definition) is 1. The van der Waals surface area contributed by atoms with Gasteiger partial charge in [-0.1, -0.05) is 13.3 Å². The van der Waals surface area contributed by atoms with Crippen molar-refractivity contribution in [3.8, 4) is 5.75 Å². The average Bonchev–Trinajstić information content (AvgIpc) is 2.19. The Morgan fingerprint density at radius 1 is 1.33 bits per heavy atom. The fourth-order valence-corrected chi connectivity index (χ4v) is 0.990. The molecule has 0 atom stereocenters. The topological polar surface area (TPSA) is 46.5 Å². The number of carbonyl (C=O) groups excluding carboxylic acids is 1. The summed E-state index contributed by atoms with van der Waals surface area (Å²) in [5.41, 5.74) is 0.471. The molecule has 0 saturated carbocycles. The molecule has 1 aromatic carbocycles. The molecule has 0 unspecified atom stereocenters. The zero-order valence-corrected chi connectivity index (χ0v) is 8.19. The Morgan fingerprint density at radius 3 is 2.47 bits per heavy atom. The molecule has 0 radical (unpaired) electrons. The number of ether oxygens (including phenoxy) is 1. The van der Waals surface area contributed by atoms with Gasteiger partial charge in [0.15, 0.2) is 0 Å². The first-order valence-corrected chi connectivity index (χ1v) is 4.70. The molecule has 1 N–H and O–H groups in total. The Morgan fingerprint density at radius 2 is 1.93 bits per heavy atom. The van der Waals surface area contributed by atoms with Gasteiger partial charge in [-0.2, -0.15) is 0 Å². The number of rotatable bonds is 4. The fraction of sp³-hybridized carbons (Fsp3) is 0.364. The maximum atomic E-state index is 11.3. The van der Waals surface area contributed by atoms with E-state index in [4.69, 9.17) is 9.84 Å². The van der Waals surface area contributed by atoms with Crippen LogP contribution in [-0.2, 0) is 4.74 Å². The second-order valence-electron chi connectivity index (χ2n) is 3.04. The number of phenols is 1. The van der Waals surface area contributed by atoms with Crippen molar-refractivity contribution in [1.29, 1.82) is 0 Å². The fourth-order valence-electron chi connectivity index (χ4n) is 0.990. The van der Waals surface area contributed by atoms with Crippen LogP contribution >= 0.6 is 0 Å². The van der Waals surface area contributed by atoms with Crippen LogP contribution in [-0.4, -0.2) is 55.4 Å². The van der Waals surface area contributed by atoms with Gasteiger partial charge in [0.05, 0.1) is 12.2 Å². The van der Waals surface area contributed by atoms with E-state index < -0.39 is 0 Å². The maximum absolute atomic E-state index is 11.3. The standard InChI is InChI=1S/C11H14O3.Ca.2H/c1-2-3-8-14-11(13)9-4-6-10(12)7-5-9;;;/h4-7,12H,2-3,8H2,1H3;;;. The predicted octanol–water partition coefficient (Wildman–Crippen LogP) is 1.43. The van der Waals surface area contributed by atoms with E-state index in [0.717, 1.165) is 12.8 Å². The molecule has 0 aliphatic carbocycles. The van der Waals surface area contributed by atoms with Crippen LogP contribution in [0.3, 0.4) is 0 Å². The van der Waals surface area contributed by atoms with E-state index in [1.165, 1.54) is 12.1 Å². The number of benzene rings is 1. The van der Waals surface area contributed by atoms with Crippen molar-refractivity contribution >= 4 is 43.7 Å². The van der Waals surface area contributed by atoms with Crippen LogP contribution in [0.1, 0.15) is 30.1 Å². The molecule has 80 valence electrons. The summed E-state index contributed by atoms with van der Waals surface area (Å²) < 4.78 is 4.99. The molecule has 4 heteroatoms. The normalized spacial score (nSPS) is 9.13. The molecule has 3 nitrogen and oxygen atoms in total. The van der Waals surface area contributed by atoms with E-state index in [1.807, 2.05) is 6.92 Å². The van der Waals surface area contributed by atoms with Gasteiger partial charge in [-0.3, -0.25) is 0 Å². The van der Waals surface area contributed by atoms with Gasteiger partial charge in [0.2, 0.25) is 0 Å². The minimum atomic E-state index is -0.335. The van der Waals surface area contributed by atoms with Crippen molar-refractivity contribution in [2.45, 2.75) is 19.8 Å². The molecular formula is C11H16CaO3. The Balaban J connectivity index is 0.00000196. The molecule has 0 amide bonds. The summed E-state index contributed by atoms with van der Waals surface area (Å²) in [6, 6.07) is 6.03. The molecule has 1 aromatic rings. The van der Waals surface area contributed by atoms with Gasteiger partial charge in [0.1, 0.15) is 5.75 Å². The van der Waals surface area contributed by atoms with Gasteiger partial charge >= 0.3 is 43.7 Å². The van der Waals surface area contributed by atoms with Crippen LogP contribution in [0.15, 0.2) is 24.3 Å². The van der Waals surface area contributed by atoms with Crippen molar-refractivity contribution in [1.82, 2.24) is 0 Å². The summed E-state index contributed by atoms with van der Waals surface area (Å²) in [5, 5.41) is 9.00. The Labute approximate surface area is 119 Å². The van der Waals surface area contributed by atoms with Crippen LogP contribution < -0.4 is 0 Å². The molecule has 1 rings (SSSR count). The molecule has 0 spiro atoms. The first kappa shape index (κ1) is 14.7. The van der Waals surface area contributed by atoms with Crippen molar-refractivity contribution < 1.29 is 14.6 Å². The van der Waals surface area contributed by atoms with Crippen LogP contribution in [0.25, 0.3) is 0 Å². The van der Waals surface area contributed by atoms with E-state index >= 15 is 0 Å². The van der Waals surface area contributed by atoms with Crippen LogP contribution in [0.4, 0.5) is 0 Å². The summed E-state index contributed by atoms with van der Waals surface area (Å²) in [6.45, 7) is 2.49. The molecule has 0 bridgehead atoms. The number of phenolic OH excluding ortho intramolecular Hbond substituents is 1. The first-order chi connectivity index (χ1) is 6.74. The summed E-state index contributed by atoms with van der Waals surface area (Å²) >= 11 is 0. The van der Waals surface area contributed by atoms with Crippen molar-refractivity contribution in [3.63, 3.8) is 0 Å². The molecule has 0 aromatic heterocycles. The first-order valence-electron chi connectivity index (χ1n) is 4.70. The molecule has 0 fully saturated rings. The van der Waals surface area contributed by atoms with Gasteiger partial charge in [0.25, 0.3) is 0 Å². The third-order valence-electron chi connectivity index (χ3n) is 1.83. The molecule has 0 aliphatic rings. The molecule has 15 heavy (non-hydrogen) atoms. The zero-order valence-electron chi connectivity index (χ0n) is 8.19. The predicted molar refractivity (Wildman–Crippen MR) is 61.8 cm³/mol. The van der Waals surface area contributed by atoms with E-state index in [0.29, 0.717) is 12.2 Å². The number of hydrogen-bond acceptors (Lipinski definition) is 3. The van der Waals surface area contributed by atoms with Gasteiger partial charge < -0.3 is 9.84 Å². The van der Waals surface area contributed by atoms with Gasteiger partial charge in [-0.15, -0.1) is 0 Å². The molecular weight excluding hydrogens is 220 g/mol. The quantitative estimate of drug-likeness (QED) is 0.489. The SMILES string of the molecule is CCCCOC(=O)c1ccc(O)cc1.[CaH2]. The second-order valence-corrected chi connectivity index (χ2v) is 3.04. The van der Waals surface area contributed by atoms with Crippen molar-refractivity contribution in [2.24, 2.45) is 0 Å². The van der Waals surface area contributed by atoms with Gasteiger partial charge in [-0.25, -0.2) is 4.79 Å². The van der Waals surface area contributed by atoms with Crippen LogP contribution in [0.5, 0.6) is 5.75 Å². The van der Waals surface area contributed by atoms with Crippen molar-refractivity contribution in [3.05, 3.63) is 29.8 Å². The van der Waals surface area contributed by atoms with Crippen molar-refractivity contribution in [2.75, 3.05) is 6.61 Å². The third-order valence-corrected chi connectivity index (χ3v) is 1.83. The second kappa shape index (κ2) is 7.97. The van der Waals surface area contributed by atoms with E-state index in [1.54, 1.807) is 12.1 Å². The Bertz CT molecular complexity index is 295. The average molecular weight is 236 g/mol. The molecule has 0 heterocycles. The molecule has 0 saturated heterocycles. The summed E-state index contributed by atoms with van der Waals surface area (Å²) in [5.74, 6) is -0.187. The van der Waals surface area contributed by atoms with E-state index in [-0.39, 0.29) is 49.5 Å². The van der Waals surface area contributed by atoms with E-state index in [2.05, 4.69) is 0 Å². The summed E-state index contributed by atoms with van der Waals surface area (Å²) in [4.78, 5) is 11.3. The van der Waals surface area contributed by atoms with Crippen LogP contribution in [0, 0.1) is 0 Å². The van der Waals surface area contributed by atoms with Gasteiger partial charge in [-0.05, 0) is 30.7 Å². The van der Waals surface area contributed by atoms with Crippen LogP contribution in [0.2, 0.25) is 0 Å². The monoisotopic (exact) mass is 236 g/mol. The Hall–Kier alpha value is -0.250. The summed E-state index contributed by atoms with van der Waals surface area (Å²) in [6.07, 6.45) is 1.88. The number of esters is 1. The zero-order chi connectivity index (χ0) is 10.4. The Kier molecular flexibility index (Phi) is 7.83.